The standard InChI is InChI=1S/C53H46N4/c1-27-19-28(2)55-49(54-27)37-23-45-47(33-17-13-11-15-31(33)37)39-25-41-35(21-43(39)52(45,7)8)36-22-44-40(26-42(36)51(41,5)6)48-34-18-14-12-16-32(34)38(24-46(48)53(44,9)10)50-56-29(3)20-30(4)57-50/h11-26H,1-10H3. The van der Waals surface area contributed by atoms with Crippen LogP contribution in [-0.4, -0.2) is 19.9 Å². The Bertz CT molecular complexity index is 2890. The van der Waals surface area contributed by atoms with Gasteiger partial charge in [-0.3, -0.25) is 0 Å². The van der Waals surface area contributed by atoms with Crippen molar-refractivity contribution in [3.63, 3.8) is 0 Å². The van der Waals surface area contributed by atoms with Gasteiger partial charge in [0.2, 0.25) is 0 Å². The van der Waals surface area contributed by atoms with Crippen LogP contribution in [0, 0.1) is 27.7 Å². The van der Waals surface area contributed by atoms with E-state index in [0.29, 0.717) is 0 Å². The molecule has 0 spiro atoms. The molecule has 0 N–H and O–H groups in total. The third kappa shape index (κ3) is 4.50. The summed E-state index contributed by atoms with van der Waals surface area (Å²) in [4.78, 5) is 19.8. The Morgan fingerprint density at radius 3 is 0.965 bits per heavy atom. The highest BCUT2D eigenvalue weighted by atomic mass is 14.9. The van der Waals surface area contributed by atoms with Crippen molar-refractivity contribution in [2.45, 2.75) is 85.5 Å². The quantitative estimate of drug-likeness (QED) is 0.177. The Morgan fingerprint density at radius 1 is 0.316 bits per heavy atom. The first-order chi connectivity index (χ1) is 27.1. The van der Waals surface area contributed by atoms with Gasteiger partial charge in [-0.25, -0.2) is 19.9 Å². The van der Waals surface area contributed by atoms with Crippen molar-refractivity contribution in [2.24, 2.45) is 0 Å². The lowest BCUT2D eigenvalue weighted by Gasteiger charge is -2.25. The van der Waals surface area contributed by atoms with E-state index in [2.05, 4.69) is 166 Å². The largest absolute Gasteiger partial charge is 0.233 e. The van der Waals surface area contributed by atoms with Crippen LogP contribution < -0.4 is 0 Å². The molecule has 57 heavy (non-hydrogen) atoms. The van der Waals surface area contributed by atoms with Gasteiger partial charge >= 0.3 is 0 Å². The van der Waals surface area contributed by atoms with E-state index in [4.69, 9.17) is 19.9 Å². The van der Waals surface area contributed by atoms with Crippen LogP contribution in [0.2, 0.25) is 0 Å². The van der Waals surface area contributed by atoms with E-state index in [1.54, 1.807) is 0 Å². The van der Waals surface area contributed by atoms with Gasteiger partial charge in [0.05, 0.1) is 0 Å². The fourth-order valence-electron chi connectivity index (χ4n) is 10.9. The average molecular weight is 739 g/mol. The van der Waals surface area contributed by atoms with Gasteiger partial charge in [-0.05, 0) is 165 Å². The monoisotopic (exact) mass is 738 g/mol. The van der Waals surface area contributed by atoms with Crippen molar-refractivity contribution < 1.29 is 0 Å². The molecular formula is C53H46N4. The molecule has 0 fully saturated rings. The molecule has 0 unspecified atom stereocenters. The van der Waals surface area contributed by atoms with Crippen molar-refractivity contribution >= 4 is 21.5 Å². The van der Waals surface area contributed by atoms with Crippen LogP contribution in [0.3, 0.4) is 0 Å². The van der Waals surface area contributed by atoms with Gasteiger partial charge in [-0.15, -0.1) is 0 Å². The normalized spacial score (nSPS) is 16.0. The van der Waals surface area contributed by atoms with Crippen LogP contribution in [0.5, 0.6) is 0 Å². The molecule has 0 atom stereocenters. The van der Waals surface area contributed by atoms with E-state index >= 15 is 0 Å². The summed E-state index contributed by atoms with van der Waals surface area (Å²) in [6.45, 7) is 22.7. The number of hydrogen-bond acceptors (Lipinski definition) is 4. The SMILES string of the molecule is Cc1cc(C)nc(-c2cc3c(c4ccccc24)-c2cc4c(cc2C3(C)C)-c2cc3c(cc2C4(C)C)-c2c(cc(-c4nc(C)cc(C)n4)c4ccccc24)C3(C)C)n1. The molecule has 2 heterocycles. The molecular weight excluding hydrogens is 693 g/mol. The minimum absolute atomic E-state index is 0.195. The van der Waals surface area contributed by atoms with E-state index in [0.717, 1.165) is 45.6 Å². The Morgan fingerprint density at radius 2 is 0.596 bits per heavy atom. The molecule has 8 aromatic rings. The van der Waals surface area contributed by atoms with Crippen LogP contribution in [0.1, 0.15) is 97.7 Å². The smallest absolute Gasteiger partial charge is 0.160 e. The zero-order chi connectivity index (χ0) is 39.5. The van der Waals surface area contributed by atoms with Crippen molar-refractivity contribution in [1.29, 1.82) is 0 Å². The van der Waals surface area contributed by atoms with Gasteiger partial charge in [-0.1, -0.05) is 90.1 Å². The predicted octanol–water partition coefficient (Wildman–Crippen LogP) is 13.1. The van der Waals surface area contributed by atoms with E-state index in [9.17, 15) is 0 Å². The summed E-state index contributed by atoms with van der Waals surface area (Å²) >= 11 is 0. The highest BCUT2D eigenvalue weighted by molar-refractivity contribution is 6.11. The third-order valence-electron chi connectivity index (χ3n) is 13.7. The Labute approximate surface area is 335 Å². The Hall–Kier alpha value is -6.00. The minimum Gasteiger partial charge on any atom is -0.233 e. The lowest BCUT2D eigenvalue weighted by molar-refractivity contribution is 0.649. The number of benzene rings is 6. The molecule has 4 heteroatoms. The Balaban J connectivity index is 1.12. The van der Waals surface area contributed by atoms with Gasteiger partial charge in [0, 0.05) is 50.1 Å². The number of fused-ring (bicyclic) bond motifs is 13. The first-order valence-electron chi connectivity index (χ1n) is 20.3. The first kappa shape index (κ1) is 34.3. The second kappa shape index (κ2) is 11.1. The molecule has 0 amide bonds. The molecule has 0 radical (unpaired) electrons. The molecule has 2 aromatic heterocycles. The number of aromatic nitrogens is 4. The number of rotatable bonds is 2. The molecule has 278 valence electrons. The third-order valence-corrected chi connectivity index (χ3v) is 13.7. The van der Waals surface area contributed by atoms with Crippen molar-refractivity contribution in [3.05, 3.63) is 153 Å². The molecule has 0 saturated carbocycles. The van der Waals surface area contributed by atoms with Crippen LogP contribution in [0.15, 0.2) is 97.1 Å². The minimum atomic E-state index is -0.220. The zero-order valence-corrected chi connectivity index (χ0v) is 34.5. The summed E-state index contributed by atoms with van der Waals surface area (Å²) in [7, 11) is 0. The van der Waals surface area contributed by atoms with E-state index in [1.807, 2.05) is 0 Å². The van der Waals surface area contributed by atoms with Gasteiger partial charge < -0.3 is 0 Å². The second-order valence-electron chi connectivity index (χ2n) is 18.5. The number of hydrogen-bond donors (Lipinski definition) is 0. The summed E-state index contributed by atoms with van der Waals surface area (Å²) in [6.07, 6.45) is 0. The maximum Gasteiger partial charge on any atom is 0.160 e. The van der Waals surface area contributed by atoms with Crippen LogP contribution in [0.25, 0.3) is 77.7 Å². The summed E-state index contributed by atoms with van der Waals surface area (Å²) in [5, 5.41) is 4.93. The summed E-state index contributed by atoms with van der Waals surface area (Å²) in [6, 6.07) is 36.8. The fraction of sp³-hybridized carbons (Fsp3) is 0.245. The molecule has 0 bridgehead atoms. The number of aryl methyl sites for hydroxylation is 4. The topological polar surface area (TPSA) is 51.6 Å². The summed E-state index contributed by atoms with van der Waals surface area (Å²) in [5.74, 6) is 1.60. The summed E-state index contributed by atoms with van der Waals surface area (Å²) in [5.41, 5.74) is 21.9. The highest BCUT2D eigenvalue weighted by Crippen LogP contribution is 2.61. The van der Waals surface area contributed by atoms with E-state index in [-0.39, 0.29) is 16.2 Å². The lowest BCUT2D eigenvalue weighted by Crippen LogP contribution is -2.17. The van der Waals surface area contributed by atoms with Gasteiger partial charge in [-0.2, -0.15) is 0 Å². The highest BCUT2D eigenvalue weighted by Gasteiger charge is 2.45. The molecule has 3 aliphatic rings. The molecule has 11 rings (SSSR count). The van der Waals surface area contributed by atoms with Crippen LogP contribution >= 0.6 is 0 Å². The molecule has 3 aliphatic carbocycles. The molecule has 4 nitrogen and oxygen atoms in total. The van der Waals surface area contributed by atoms with Gasteiger partial charge in [0.25, 0.3) is 0 Å². The van der Waals surface area contributed by atoms with Crippen molar-refractivity contribution in [2.75, 3.05) is 0 Å². The van der Waals surface area contributed by atoms with Crippen LogP contribution in [-0.2, 0) is 16.2 Å². The van der Waals surface area contributed by atoms with Gasteiger partial charge in [0.1, 0.15) is 0 Å². The molecule has 0 aliphatic heterocycles. The molecule has 6 aromatic carbocycles. The zero-order valence-electron chi connectivity index (χ0n) is 34.5. The lowest BCUT2D eigenvalue weighted by atomic mass is 9.78. The van der Waals surface area contributed by atoms with Crippen molar-refractivity contribution in [1.82, 2.24) is 19.9 Å². The summed E-state index contributed by atoms with van der Waals surface area (Å²) < 4.78 is 0. The maximum atomic E-state index is 4.95. The maximum absolute atomic E-state index is 4.95. The molecule has 0 saturated heterocycles. The van der Waals surface area contributed by atoms with E-state index < -0.39 is 0 Å². The van der Waals surface area contributed by atoms with Crippen LogP contribution in [0.4, 0.5) is 0 Å². The second-order valence-corrected chi connectivity index (χ2v) is 18.5. The van der Waals surface area contributed by atoms with Crippen molar-refractivity contribution in [3.8, 4) is 56.2 Å². The van der Waals surface area contributed by atoms with Gasteiger partial charge in [0.15, 0.2) is 11.6 Å². The predicted molar refractivity (Wildman–Crippen MR) is 235 cm³/mol. The fourth-order valence-corrected chi connectivity index (χ4v) is 10.9. The Kier molecular flexibility index (Phi) is 6.67. The number of nitrogens with zero attached hydrogens (tertiary/aromatic N) is 4. The average Bonchev–Trinajstić information content (AvgIpc) is 3.63. The van der Waals surface area contributed by atoms with E-state index in [1.165, 1.54) is 88.3 Å². The first-order valence-corrected chi connectivity index (χ1v) is 20.3.